The zero-order valence-corrected chi connectivity index (χ0v) is 24.3. The Bertz CT molecular complexity index is 1600. The van der Waals surface area contributed by atoms with E-state index < -0.39 is 59.7 Å². The number of halogens is 5. The third-order valence-corrected chi connectivity index (χ3v) is 12.8. The van der Waals surface area contributed by atoms with Crippen molar-refractivity contribution in [2.75, 3.05) is 5.75 Å². The number of fused-ring (bicyclic) bond motifs is 3. The van der Waals surface area contributed by atoms with Gasteiger partial charge in [-0.1, -0.05) is 18.2 Å². The highest BCUT2D eigenvalue weighted by molar-refractivity contribution is 7.92. The maximum absolute atomic E-state index is 14.9. The molecule has 14 heteroatoms. The molecule has 0 saturated heterocycles. The lowest BCUT2D eigenvalue weighted by atomic mass is 9.72. The average Bonchev–Trinajstić information content (AvgIpc) is 3.28. The summed E-state index contributed by atoms with van der Waals surface area (Å²) in [5.74, 6) is -2.95. The molecule has 2 aromatic rings. The van der Waals surface area contributed by atoms with E-state index in [2.05, 4.69) is 5.32 Å². The van der Waals surface area contributed by atoms with Gasteiger partial charge < -0.3 is 5.32 Å². The molecule has 4 atom stereocenters. The number of nitrogens with two attached hydrogens (primary N) is 1. The van der Waals surface area contributed by atoms with Crippen molar-refractivity contribution in [2.24, 2.45) is 22.9 Å². The molecule has 0 bridgehead atoms. The lowest BCUT2D eigenvalue weighted by Crippen LogP contribution is -2.51. The van der Waals surface area contributed by atoms with E-state index in [1.807, 2.05) is 0 Å². The van der Waals surface area contributed by atoms with Crippen molar-refractivity contribution in [2.45, 2.75) is 73.0 Å². The first-order chi connectivity index (χ1) is 19.4. The Hall–Kier alpha value is -2.58. The zero-order chi connectivity index (χ0) is 30.9. The van der Waals surface area contributed by atoms with Gasteiger partial charge in [-0.3, -0.25) is 4.79 Å². The van der Waals surface area contributed by atoms with Crippen molar-refractivity contribution in [1.29, 1.82) is 0 Å². The quantitative estimate of drug-likeness (QED) is 0.346. The van der Waals surface area contributed by atoms with Gasteiger partial charge in [0.2, 0.25) is 21.6 Å². The summed E-state index contributed by atoms with van der Waals surface area (Å²) in [7, 11) is -7.99. The molecule has 2 saturated carbocycles. The number of carbonyl (C=O) groups excluding carboxylic acids is 1. The summed E-state index contributed by atoms with van der Waals surface area (Å²) >= 11 is 0. The molecule has 0 heterocycles. The lowest BCUT2D eigenvalue weighted by molar-refractivity contribution is -0.228. The van der Waals surface area contributed by atoms with E-state index in [0.29, 0.717) is 19.8 Å². The minimum absolute atomic E-state index is 0.0211. The van der Waals surface area contributed by atoms with Crippen LogP contribution in [-0.2, 0) is 41.5 Å². The minimum Gasteiger partial charge on any atom is -0.353 e. The molecule has 3 N–H and O–H groups in total. The molecule has 7 nitrogen and oxygen atoms in total. The fraction of sp³-hybridized carbons (Fsp3) is 0.536. The number of aryl methyl sites for hydroxylation is 1. The maximum Gasteiger partial charge on any atom is 0.426 e. The predicted molar refractivity (Wildman–Crippen MR) is 143 cm³/mol. The zero-order valence-electron chi connectivity index (χ0n) is 22.6. The van der Waals surface area contributed by atoms with Gasteiger partial charge in [0, 0.05) is 12.0 Å². The normalized spacial score (nSPS) is 29.1. The van der Waals surface area contributed by atoms with Gasteiger partial charge in [0.1, 0.15) is 10.6 Å². The second kappa shape index (κ2) is 10.3. The van der Waals surface area contributed by atoms with Crippen LogP contribution in [0.5, 0.6) is 0 Å². The highest BCUT2D eigenvalue weighted by Gasteiger charge is 2.62. The minimum atomic E-state index is -5.19. The summed E-state index contributed by atoms with van der Waals surface area (Å²) in [6.45, 7) is 0.412. The first-order valence-corrected chi connectivity index (χ1v) is 16.8. The van der Waals surface area contributed by atoms with Gasteiger partial charge in [0.05, 0.1) is 10.6 Å². The third kappa shape index (κ3) is 5.12. The van der Waals surface area contributed by atoms with E-state index in [1.54, 1.807) is 0 Å². The standard InChI is InChI=1S/C28H31F5N2O5S2/c1-26(30,28(31,32)33)18-3-9-23-17(14-18)2-8-24-22(25(36)35-20-12-16(13-20)15-41(34,37)38)10-11-27(23,24)42(39,40)21-6-4-19(29)5-7-21/h3-7,9,14,16,20,22,24H,2,8,10-13,15H2,1H3,(H,35,36)(H2,34,37,38)/t16?,20?,22-,24+,26?,27-/m1/s1. The molecule has 5 rings (SSSR count). The van der Waals surface area contributed by atoms with Crippen molar-refractivity contribution >= 4 is 25.8 Å². The number of hydrogen-bond donors (Lipinski definition) is 2. The van der Waals surface area contributed by atoms with Crippen LogP contribution in [-0.4, -0.2) is 40.7 Å². The molecule has 1 unspecified atom stereocenters. The van der Waals surface area contributed by atoms with E-state index in [9.17, 15) is 43.6 Å². The van der Waals surface area contributed by atoms with E-state index in [4.69, 9.17) is 5.14 Å². The SMILES string of the molecule is CC(F)(c1ccc2c(c1)CC[C@H]1[C@H](C(=O)NC3CC(CS(N)(=O)=O)C3)CC[C@@]21S(=O)(=O)c1ccc(F)cc1)C(F)(F)F. The lowest BCUT2D eigenvalue weighted by Gasteiger charge is -2.43. The van der Waals surface area contributed by atoms with Crippen LogP contribution in [0.25, 0.3) is 0 Å². The first-order valence-electron chi connectivity index (χ1n) is 13.6. The van der Waals surface area contributed by atoms with E-state index in [1.165, 1.54) is 6.07 Å². The molecule has 2 fully saturated rings. The van der Waals surface area contributed by atoms with Crippen molar-refractivity contribution < 1.29 is 43.6 Å². The number of rotatable bonds is 7. The van der Waals surface area contributed by atoms with Crippen LogP contribution in [0.1, 0.15) is 55.7 Å². The molecule has 0 radical (unpaired) electrons. The van der Waals surface area contributed by atoms with Crippen LogP contribution in [0.15, 0.2) is 47.4 Å². The molecule has 1 amide bonds. The van der Waals surface area contributed by atoms with Gasteiger partial charge in [-0.15, -0.1) is 0 Å². The molecule has 2 aromatic carbocycles. The Morgan fingerprint density at radius 3 is 2.26 bits per heavy atom. The number of sulfonamides is 1. The first kappa shape index (κ1) is 30.9. The van der Waals surface area contributed by atoms with Crippen molar-refractivity contribution in [3.8, 4) is 0 Å². The summed E-state index contributed by atoms with van der Waals surface area (Å²) in [5, 5.41) is 8.00. The number of nitrogens with one attached hydrogen (secondary N) is 1. The summed E-state index contributed by atoms with van der Waals surface area (Å²) < 4.78 is 119. The molecule has 3 aliphatic rings. The van der Waals surface area contributed by atoms with Gasteiger partial charge in [-0.05, 0) is 98.2 Å². The van der Waals surface area contributed by atoms with Crippen molar-refractivity contribution in [3.63, 3.8) is 0 Å². The van der Waals surface area contributed by atoms with Crippen LogP contribution in [0.2, 0.25) is 0 Å². The van der Waals surface area contributed by atoms with Crippen LogP contribution in [0.4, 0.5) is 22.0 Å². The smallest absolute Gasteiger partial charge is 0.353 e. The number of carbonyl (C=O) groups is 1. The van der Waals surface area contributed by atoms with Crippen molar-refractivity contribution in [1.82, 2.24) is 5.32 Å². The van der Waals surface area contributed by atoms with Crippen LogP contribution >= 0.6 is 0 Å². The summed E-state index contributed by atoms with van der Waals surface area (Å²) in [6, 6.07) is 7.18. The highest BCUT2D eigenvalue weighted by Crippen LogP contribution is 2.59. The third-order valence-electron chi connectivity index (χ3n) is 9.26. The molecular formula is C28H31F5N2O5S2. The number of primary sulfonamides is 1. The maximum atomic E-state index is 14.9. The Balaban J connectivity index is 1.51. The number of alkyl halides is 4. The highest BCUT2D eigenvalue weighted by atomic mass is 32.2. The van der Waals surface area contributed by atoms with Gasteiger partial charge >= 0.3 is 6.18 Å². The van der Waals surface area contributed by atoms with Gasteiger partial charge in [-0.25, -0.2) is 30.8 Å². The fourth-order valence-electron chi connectivity index (χ4n) is 7.07. The predicted octanol–water partition coefficient (Wildman–Crippen LogP) is 4.40. The molecular weight excluding hydrogens is 603 g/mol. The Labute approximate surface area is 241 Å². The van der Waals surface area contributed by atoms with Crippen molar-refractivity contribution in [3.05, 3.63) is 65.0 Å². The van der Waals surface area contributed by atoms with E-state index >= 15 is 0 Å². The molecule has 0 spiro atoms. The van der Waals surface area contributed by atoms with E-state index in [0.717, 1.165) is 36.4 Å². The monoisotopic (exact) mass is 634 g/mol. The van der Waals surface area contributed by atoms with Gasteiger partial charge in [-0.2, -0.15) is 13.2 Å². The summed E-state index contributed by atoms with van der Waals surface area (Å²) in [5.41, 5.74) is -3.83. The Kier molecular flexibility index (Phi) is 7.54. The van der Waals surface area contributed by atoms with Crippen LogP contribution in [0.3, 0.4) is 0 Å². The summed E-state index contributed by atoms with van der Waals surface area (Å²) in [6.07, 6.45) is -3.96. The van der Waals surface area contributed by atoms with Gasteiger partial charge in [0.25, 0.3) is 0 Å². The molecule has 230 valence electrons. The van der Waals surface area contributed by atoms with Crippen LogP contribution < -0.4 is 10.5 Å². The fourth-order valence-corrected chi connectivity index (χ4v) is 10.5. The molecule has 3 aliphatic carbocycles. The topological polar surface area (TPSA) is 123 Å². The second-order valence-corrected chi connectivity index (χ2v) is 15.7. The van der Waals surface area contributed by atoms with Gasteiger partial charge in [0.15, 0.2) is 9.84 Å². The average molecular weight is 635 g/mol. The number of benzene rings is 2. The molecule has 0 aliphatic heterocycles. The van der Waals surface area contributed by atoms with E-state index in [-0.39, 0.29) is 65.3 Å². The Morgan fingerprint density at radius 2 is 1.67 bits per heavy atom. The molecule has 42 heavy (non-hydrogen) atoms. The number of amides is 1. The second-order valence-electron chi connectivity index (χ2n) is 11.9. The number of hydrogen-bond acceptors (Lipinski definition) is 5. The largest absolute Gasteiger partial charge is 0.426 e. The molecule has 0 aromatic heterocycles. The Morgan fingerprint density at radius 1 is 1.02 bits per heavy atom. The summed E-state index contributed by atoms with van der Waals surface area (Å²) in [4.78, 5) is 13.3. The number of sulfone groups is 1. The van der Waals surface area contributed by atoms with Crippen LogP contribution in [0, 0.1) is 23.6 Å².